The highest BCUT2D eigenvalue weighted by atomic mass is 16.3. The second-order valence-corrected chi connectivity index (χ2v) is 5.05. The molecule has 3 N–H and O–H groups in total. The molecule has 0 saturated carbocycles. The van der Waals surface area contributed by atoms with Crippen molar-refractivity contribution in [2.75, 3.05) is 0 Å². The van der Waals surface area contributed by atoms with Crippen LogP contribution >= 0.6 is 0 Å². The predicted octanol–water partition coefficient (Wildman–Crippen LogP) is 1.54. The number of rotatable bonds is 4. The van der Waals surface area contributed by atoms with E-state index in [1.807, 2.05) is 34.6 Å². The average Bonchev–Trinajstić information content (AvgIpc) is 1.95. The Kier molecular flexibility index (Phi) is 4.65. The summed E-state index contributed by atoms with van der Waals surface area (Å²) in [6.07, 6.45) is 0. The van der Waals surface area contributed by atoms with Gasteiger partial charge < -0.3 is 15.7 Å². The molecular formula is C11H22N2O2. The molecule has 0 aromatic heterocycles. The minimum Gasteiger partial charge on any atom is -0.495 e. The van der Waals surface area contributed by atoms with E-state index in [1.165, 1.54) is 0 Å². The normalized spacial score (nSPS) is 13.5. The van der Waals surface area contributed by atoms with Crippen molar-refractivity contribution in [1.82, 2.24) is 10.6 Å². The van der Waals surface area contributed by atoms with Crippen LogP contribution in [0.15, 0.2) is 12.5 Å². The maximum Gasteiger partial charge on any atom is 0.243 e. The lowest BCUT2D eigenvalue weighted by molar-refractivity contribution is -0.125. The number of carbonyl (C=O) groups excluding carboxylic acids is 1. The third-order valence-electron chi connectivity index (χ3n) is 1.77. The summed E-state index contributed by atoms with van der Waals surface area (Å²) in [5.41, 5.74) is -0.275. The van der Waals surface area contributed by atoms with Gasteiger partial charge in [0.25, 0.3) is 0 Å². The Balaban J connectivity index is 4.50. The minimum atomic E-state index is -0.457. The van der Waals surface area contributed by atoms with Crippen LogP contribution < -0.4 is 10.6 Å². The van der Waals surface area contributed by atoms with Crippen molar-refractivity contribution in [2.24, 2.45) is 5.92 Å². The summed E-state index contributed by atoms with van der Waals surface area (Å²) in [6.45, 7) is 12.9. The second kappa shape index (κ2) is 5.05. The topological polar surface area (TPSA) is 61.4 Å². The van der Waals surface area contributed by atoms with Gasteiger partial charge in [0, 0.05) is 5.54 Å². The van der Waals surface area contributed by atoms with Crippen molar-refractivity contribution in [1.29, 1.82) is 0 Å². The van der Waals surface area contributed by atoms with E-state index in [4.69, 9.17) is 5.11 Å². The first-order valence-corrected chi connectivity index (χ1v) is 5.10. The standard InChI is InChI=1S/C11H22N2O2/c1-7(2)9(12-8(3)14)10(15)13-11(4,5)6/h7,9,12,14H,3H2,1-2,4-6H3,(H,13,15). The third-order valence-corrected chi connectivity index (χ3v) is 1.77. The Hall–Kier alpha value is -1.19. The summed E-state index contributed by atoms with van der Waals surface area (Å²) in [5.74, 6) is -0.235. The van der Waals surface area contributed by atoms with Gasteiger partial charge in [-0.3, -0.25) is 4.79 Å². The van der Waals surface area contributed by atoms with E-state index in [9.17, 15) is 4.79 Å². The fraction of sp³-hybridized carbons (Fsp3) is 0.727. The van der Waals surface area contributed by atoms with Crippen LogP contribution in [0.25, 0.3) is 0 Å². The quantitative estimate of drug-likeness (QED) is 0.622. The van der Waals surface area contributed by atoms with Crippen LogP contribution in [0, 0.1) is 5.92 Å². The largest absolute Gasteiger partial charge is 0.495 e. The van der Waals surface area contributed by atoms with Crippen LogP contribution in [0.1, 0.15) is 34.6 Å². The average molecular weight is 214 g/mol. The molecule has 1 amide bonds. The van der Waals surface area contributed by atoms with Gasteiger partial charge in [-0.1, -0.05) is 13.8 Å². The van der Waals surface area contributed by atoms with Gasteiger partial charge in [-0.25, -0.2) is 0 Å². The van der Waals surface area contributed by atoms with Gasteiger partial charge in [-0.05, 0) is 33.3 Å². The highest BCUT2D eigenvalue weighted by Gasteiger charge is 2.25. The van der Waals surface area contributed by atoms with Crippen LogP contribution in [-0.4, -0.2) is 22.6 Å². The molecule has 0 saturated heterocycles. The van der Waals surface area contributed by atoms with E-state index in [2.05, 4.69) is 17.2 Å². The maximum absolute atomic E-state index is 11.8. The molecule has 0 bridgehead atoms. The van der Waals surface area contributed by atoms with Crippen LogP contribution in [0.2, 0.25) is 0 Å². The molecule has 0 aromatic rings. The fourth-order valence-corrected chi connectivity index (χ4v) is 1.16. The molecule has 0 rings (SSSR count). The van der Waals surface area contributed by atoms with E-state index >= 15 is 0 Å². The molecule has 0 aromatic carbocycles. The summed E-state index contributed by atoms with van der Waals surface area (Å²) >= 11 is 0. The molecule has 4 nitrogen and oxygen atoms in total. The third kappa shape index (κ3) is 5.99. The smallest absolute Gasteiger partial charge is 0.243 e. The Morgan fingerprint density at radius 2 is 1.80 bits per heavy atom. The van der Waals surface area contributed by atoms with Crippen molar-refractivity contribution in [3.05, 3.63) is 12.5 Å². The Labute approximate surface area is 91.8 Å². The molecule has 0 aliphatic heterocycles. The highest BCUT2D eigenvalue weighted by molar-refractivity contribution is 5.82. The number of carbonyl (C=O) groups is 1. The van der Waals surface area contributed by atoms with E-state index in [1.54, 1.807) is 0 Å². The van der Waals surface area contributed by atoms with E-state index in [0.717, 1.165) is 0 Å². The predicted molar refractivity (Wildman–Crippen MR) is 61.4 cm³/mol. The lowest BCUT2D eigenvalue weighted by atomic mass is 10.0. The van der Waals surface area contributed by atoms with Crippen LogP contribution in [0.5, 0.6) is 0 Å². The van der Waals surface area contributed by atoms with Gasteiger partial charge in [0.1, 0.15) is 6.04 Å². The van der Waals surface area contributed by atoms with E-state index in [0.29, 0.717) is 0 Å². The van der Waals surface area contributed by atoms with Crippen molar-refractivity contribution < 1.29 is 9.90 Å². The van der Waals surface area contributed by atoms with Crippen molar-refractivity contribution >= 4 is 5.91 Å². The van der Waals surface area contributed by atoms with Crippen molar-refractivity contribution in [3.63, 3.8) is 0 Å². The molecular weight excluding hydrogens is 192 g/mol. The number of hydrogen-bond acceptors (Lipinski definition) is 3. The molecule has 15 heavy (non-hydrogen) atoms. The second-order valence-electron chi connectivity index (χ2n) is 5.05. The van der Waals surface area contributed by atoms with Crippen LogP contribution in [0.4, 0.5) is 0 Å². The van der Waals surface area contributed by atoms with Gasteiger partial charge in [0.2, 0.25) is 5.91 Å². The van der Waals surface area contributed by atoms with Gasteiger partial charge in [-0.2, -0.15) is 0 Å². The zero-order chi connectivity index (χ0) is 12.2. The summed E-state index contributed by atoms with van der Waals surface area (Å²) in [4.78, 5) is 11.8. The van der Waals surface area contributed by atoms with Gasteiger partial charge >= 0.3 is 0 Å². The SMILES string of the molecule is C=C(O)NC(C(=O)NC(C)(C)C)C(C)C. The molecule has 0 spiro atoms. The lowest BCUT2D eigenvalue weighted by Gasteiger charge is -2.27. The number of aliphatic hydroxyl groups excluding tert-OH is 1. The molecule has 88 valence electrons. The first-order valence-electron chi connectivity index (χ1n) is 5.10. The number of amides is 1. The summed E-state index contributed by atoms with van der Waals surface area (Å²) in [7, 11) is 0. The van der Waals surface area contributed by atoms with Crippen LogP contribution in [-0.2, 0) is 4.79 Å². The Morgan fingerprint density at radius 1 is 1.33 bits per heavy atom. The highest BCUT2D eigenvalue weighted by Crippen LogP contribution is 2.06. The van der Waals surface area contributed by atoms with Crippen LogP contribution in [0.3, 0.4) is 0 Å². The molecule has 0 radical (unpaired) electrons. The van der Waals surface area contributed by atoms with E-state index < -0.39 is 6.04 Å². The van der Waals surface area contributed by atoms with Gasteiger partial charge in [-0.15, -0.1) is 0 Å². The van der Waals surface area contributed by atoms with Gasteiger partial charge in [0.05, 0.1) is 0 Å². The minimum absolute atomic E-state index is 0.0799. The Bertz CT molecular complexity index is 241. The molecule has 0 aliphatic rings. The molecule has 4 heteroatoms. The molecule has 0 aliphatic carbocycles. The van der Waals surface area contributed by atoms with Crippen molar-refractivity contribution in [2.45, 2.75) is 46.2 Å². The number of nitrogens with one attached hydrogen (secondary N) is 2. The summed E-state index contributed by atoms with van der Waals surface area (Å²) in [5, 5.41) is 14.5. The van der Waals surface area contributed by atoms with Gasteiger partial charge in [0.15, 0.2) is 5.88 Å². The number of hydrogen-bond donors (Lipinski definition) is 3. The molecule has 1 atom stereocenters. The summed E-state index contributed by atoms with van der Waals surface area (Å²) < 4.78 is 0. The van der Waals surface area contributed by atoms with E-state index in [-0.39, 0.29) is 23.2 Å². The lowest BCUT2D eigenvalue weighted by Crippen LogP contribution is -2.52. The first kappa shape index (κ1) is 13.8. The summed E-state index contributed by atoms with van der Waals surface area (Å²) in [6, 6.07) is -0.457. The fourth-order valence-electron chi connectivity index (χ4n) is 1.16. The molecule has 0 fully saturated rings. The van der Waals surface area contributed by atoms with Crippen molar-refractivity contribution in [3.8, 4) is 0 Å². The number of aliphatic hydroxyl groups is 1. The Morgan fingerprint density at radius 3 is 2.07 bits per heavy atom. The maximum atomic E-state index is 11.8. The molecule has 1 unspecified atom stereocenters. The zero-order valence-corrected chi connectivity index (χ0v) is 10.2. The zero-order valence-electron chi connectivity index (χ0n) is 10.2. The first-order chi connectivity index (χ1) is 6.63. The monoisotopic (exact) mass is 214 g/mol. The molecule has 0 heterocycles.